The molecular weight excluding hydrogens is 268 g/mol. The molecule has 0 spiro atoms. The summed E-state index contributed by atoms with van der Waals surface area (Å²) in [6, 6.07) is 0.297. The third-order valence-corrected chi connectivity index (χ3v) is 4.06. The maximum atomic E-state index is 5.25. The predicted molar refractivity (Wildman–Crippen MR) is 76.9 cm³/mol. The van der Waals surface area contributed by atoms with Crippen molar-refractivity contribution >= 4 is 16.9 Å². The molecule has 0 saturated carbocycles. The van der Waals surface area contributed by atoms with Crippen LogP contribution in [-0.2, 0) is 7.05 Å². The van der Waals surface area contributed by atoms with Crippen LogP contribution in [0.2, 0.25) is 0 Å². The molecule has 1 atom stereocenters. The first-order valence-electron chi connectivity index (χ1n) is 7.06. The highest BCUT2D eigenvalue weighted by Gasteiger charge is 2.30. The van der Waals surface area contributed by atoms with Crippen LogP contribution < -0.4 is 4.90 Å². The molecule has 3 aromatic rings. The summed E-state index contributed by atoms with van der Waals surface area (Å²) in [5.74, 6) is 0.908. The smallest absolute Gasteiger partial charge is 0.263 e. The largest absolute Gasteiger partial charge is 0.349 e. The molecule has 108 valence electrons. The van der Waals surface area contributed by atoms with Gasteiger partial charge in [-0.2, -0.15) is 10.1 Å². The fourth-order valence-electron chi connectivity index (χ4n) is 3.10. The maximum absolute atomic E-state index is 5.25. The molecule has 0 amide bonds. The van der Waals surface area contributed by atoms with E-state index in [0.29, 0.717) is 11.8 Å². The Labute approximate surface area is 121 Å². The van der Waals surface area contributed by atoms with Crippen LogP contribution in [0.5, 0.6) is 0 Å². The third-order valence-electron chi connectivity index (χ3n) is 4.06. The average Bonchev–Trinajstić information content (AvgIpc) is 3.18. The highest BCUT2D eigenvalue weighted by atomic mass is 16.5. The molecule has 7 heteroatoms. The van der Waals surface area contributed by atoms with Gasteiger partial charge in [0.15, 0.2) is 0 Å². The minimum atomic E-state index is 0.297. The molecule has 0 radical (unpaired) electrons. The van der Waals surface area contributed by atoms with Gasteiger partial charge in [-0.1, -0.05) is 5.16 Å². The molecule has 1 saturated heterocycles. The number of aromatic nitrogens is 5. The van der Waals surface area contributed by atoms with E-state index in [-0.39, 0.29) is 0 Å². The second-order valence-corrected chi connectivity index (χ2v) is 5.44. The molecule has 0 bridgehead atoms. The number of nitrogens with zero attached hydrogens (tertiary/aromatic N) is 6. The van der Waals surface area contributed by atoms with E-state index < -0.39 is 0 Å². The van der Waals surface area contributed by atoms with Crippen LogP contribution in [0, 0.1) is 6.92 Å². The molecule has 1 unspecified atom stereocenters. The van der Waals surface area contributed by atoms with Gasteiger partial charge in [0.2, 0.25) is 0 Å². The van der Waals surface area contributed by atoms with Crippen molar-refractivity contribution in [1.29, 1.82) is 0 Å². The lowest BCUT2D eigenvalue weighted by molar-refractivity contribution is 0.442. The fourth-order valence-corrected chi connectivity index (χ4v) is 3.10. The molecule has 1 aliphatic rings. The average molecular weight is 284 g/mol. The fraction of sp³-hybridized carbons (Fsp3) is 0.429. The van der Waals surface area contributed by atoms with E-state index in [0.717, 1.165) is 36.3 Å². The van der Waals surface area contributed by atoms with Gasteiger partial charge in [-0.15, -0.1) is 0 Å². The van der Waals surface area contributed by atoms with E-state index in [2.05, 4.69) is 31.3 Å². The summed E-state index contributed by atoms with van der Waals surface area (Å²) >= 11 is 0. The Kier molecular flexibility index (Phi) is 2.66. The molecule has 7 nitrogen and oxygen atoms in total. The van der Waals surface area contributed by atoms with Crippen LogP contribution in [0.25, 0.3) is 11.1 Å². The van der Waals surface area contributed by atoms with Crippen molar-refractivity contribution in [2.45, 2.75) is 25.8 Å². The van der Waals surface area contributed by atoms with E-state index in [1.807, 2.05) is 24.9 Å². The quantitative estimate of drug-likeness (QED) is 0.716. The van der Waals surface area contributed by atoms with E-state index >= 15 is 0 Å². The lowest BCUT2D eigenvalue weighted by Crippen LogP contribution is -2.23. The van der Waals surface area contributed by atoms with Crippen LogP contribution in [0.4, 0.5) is 5.82 Å². The number of rotatable bonds is 2. The van der Waals surface area contributed by atoms with E-state index in [1.54, 1.807) is 6.33 Å². The number of fused-ring (bicyclic) bond motifs is 1. The molecule has 0 N–H and O–H groups in total. The SMILES string of the molecule is Cc1noc2ncnc(N3CCCC3c3cnn(C)c3)c12. The van der Waals surface area contributed by atoms with Gasteiger partial charge < -0.3 is 9.42 Å². The normalized spacial score (nSPS) is 18.8. The molecule has 4 heterocycles. The first-order chi connectivity index (χ1) is 10.2. The van der Waals surface area contributed by atoms with E-state index in [1.165, 1.54) is 5.56 Å². The second-order valence-electron chi connectivity index (χ2n) is 5.44. The Morgan fingerprint density at radius 2 is 2.24 bits per heavy atom. The summed E-state index contributed by atoms with van der Waals surface area (Å²) in [7, 11) is 1.94. The lowest BCUT2D eigenvalue weighted by atomic mass is 10.1. The van der Waals surface area contributed by atoms with Crippen molar-refractivity contribution in [3.8, 4) is 0 Å². The summed E-state index contributed by atoms with van der Waals surface area (Å²) in [5.41, 5.74) is 2.60. The second kappa shape index (κ2) is 4.54. The van der Waals surface area contributed by atoms with Crippen molar-refractivity contribution in [3.05, 3.63) is 30.0 Å². The number of hydrogen-bond donors (Lipinski definition) is 0. The first-order valence-corrected chi connectivity index (χ1v) is 7.06. The zero-order valence-corrected chi connectivity index (χ0v) is 12.0. The van der Waals surface area contributed by atoms with Crippen molar-refractivity contribution in [2.24, 2.45) is 7.05 Å². The summed E-state index contributed by atoms with van der Waals surface area (Å²) in [6.45, 7) is 2.89. The van der Waals surface area contributed by atoms with Crippen LogP contribution in [0.3, 0.4) is 0 Å². The van der Waals surface area contributed by atoms with Crippen LogP contribution in [0.1, 0.15) is 30.1 Å². The molecule has 3 aromatic heterocycles. The topological polar surface area (TPSA) is 72.9 Å². The summed E-state index contributed by atoms with van der Waals surface area (Å²) < 4.78 is 7.09. The van der Waals surface area contributed by atoms with Crippen LogP contribution >= 0.6 is 0 Å². The zero-order valence-electron chi connectivity index (χ0n) is 12.0. The molecular formula is C14H16N6O. The van der Waals surface area contributed by atoms with Gasteiger partial charge in [-0.3, -0.25) is 4.68 Å². The Morgan fingerprint density at radius 3 is 3.05 bits per heavy atom. The van der Waals surface area contributed by atoms with Gasteiger partial charge in [0.1, 0.15) is 17.5 Å². The minimum absolute atomic E-state index is 0.297. The number of aryl methyl sites for hydroxylation is 2. The summed E-state index contributed by atoms with van der Waals surface area (Å²) in [6.07, 6.45) is 7.78. The van der Waals surface area contributed by atoms with Gasteiger partial charge in [0, 0.05) is 25.4 Å². The molecule has 4 rings (SSSR count). The summed E-state index contributed by atoms with van der Waals surface area (Å²) in [4.78, 5) is 11.0. The van der Waals surface area contributed by atoms with Gasteiger partial charge in [-0.05, 0) is 19.8 Å². The Bertz CT molecular complexity index is 792. The van der Waals surface area contributed by atoms with Gasteiger partial charge >= 0.3 is 0 Å². The minimum Gasteiger partial charge on any atom is -0.349 e. The molecule has 1 aliphatic heterocycles. The van der Waals surface area contributed by atoms with Crippen molar-refractivity contribution in [1.82, 2.24) is 24.9 Å². The van der Waals surface area contributed by atoms with Crippen molar-refractivity contribution in [3.63, 3.8) is 0 Å². The predicted octanol–water partition coefficient (Wildman–Crippen LogP) is 2.00. The Morgan fingerprint density at radius 1 is 1.33 bits per heavy atom. The lowest BCUT2D eigenvalue weighted by Gasteiger charge is -2.25. The standard InChI is InChI=1S/C14H16N6O/c1-9-12-13(15-8-16-14(12)21-18-9)20-5-3-4-11(20)10-6-17-19(2)7-10/h6-8,11H,3-5H2,1-2H3. The van der Waals surface area contributed by atoms with Crippen molar-refractivity contribution in [2.75, 3.05) is 11.4 Å². The van der Waals surface area contributed by atoms with Crippen LogP contribution in [0.15, 0.2) is 23.2 Å². The number of anilines is 1. The highest BCUT2D eigenvalue weighted by Crippen LogP contribution is 2.38. The van der Waals surface area contributed by atoms with Gasteiger partial charge in [0.05, 0.1) is 17.9 Å². The third kappa shape index (κ3) is 1.88. The maximum Gasteiger partial charge on any atom is 0.263 e. The molecule has 21 heavy (non-hydrogen) atoms. The Balaban J connectivity index is 1.82. The first kappa shape index (κ1) is 12.3. The monoisotopic (exact) mass is 284 g/mol. The zero-order chi connectivity index (χ0) is 14.4. The number of hydrogen-bond acceptors (Lipinski definition) is 6. The van der Waals surface area contributed by atoms with E-state index in [9.17, 15) is 0 Å². The molecule has 0 aromatic carbocycles. The Hall–Kier alpha value is -2.44. The molecule has 0 aliphatic carbocycles. The summed E-state index contributed by atoms with van der Waals surface area (Å²) in [5, 5.41) is 9.21. The van der Waals surface area contributed by atoms with Gasteiger partial charge in [-0.25, -0.2) is 4.98 Å². The van der Waals surface area contributed by atoms with E-state index in [4.69, 9.17) is 4.52 Å². The highest BCUT2D eigenvalue weighted by molar-refractivity contribution is 5.88. The van der Waals surface area contributed by atoms with Crippen LogP contribution in [-0.4, -0.2) is 31.4 Å². The molecule has 1 fully saturated rings. The van der Waals surface area contributed by atoms with Crippen molar-refractivity contribution < 1.29 is 4.52 Å². The van der Waals surface area contributed by atoms with Gasteiger partial charge in [0.25, 0.3) is 5.71 Å².